The third-order valence-corrected chi connectivity index (χ3v) is 6.26. The Bertz CT molecular complexity index is 1340. The van der Waals surface area contributed by atoms with E-state index in [0.29, 0.717) is 0 Å². The van der Waals surface area contributed by atoms with Crippen molar-refractivity contribution in [3.8, 4) is 17.0 Å². The van der Waals surface area contributed by atoms with E-state index in [1.807, 2.05) is 68.6 Å². The van der Waals surface area contributed by atoms with Gasteiger partial charge in [-0.25, -0.2) is 0 Å². The first-order valence-corrected chi connectivity index (χ1v) is 12.2. The smallest absolute Gasteiger partial charge is 0.235 e. The van der Waals surface area contributed by atoms with Crippen molar-refractivity contribution in [2.45, 2.75) is 40.0 Å². The molecule has 0 saturated carbocycles. The van der Waals surface area contributed by atoms with Gasteiger partial charge in [0.1, 0.15) is 11.2 Å². The standard InChI is InChI=1S/C18H14N2O.C11H17NO.C2H6O.H2O.H2/c1-11-5-6-16(20-10-11)14-4-2-3-13-12(14)7-8-18(17(19)21)9-15(13)18;1-8-9(13-5)6-7-10(12-8)11(2,3)4;1-3-2;;/h2-10H,1H3,(H2,19,21);6-7H,1-5H3;1-2H3;1H2;1H. The summed E-state index contributed by atoms with van der Waals surface area (Å²) in [6.07, 6.45) is 7.68. The first kappa shape index (κ1) is 30.4. The molecule has 2 aromatic heterocycles. The Labute approximate surface area is 227 Å². The number of ether oxygens (including phenoxy) is 2. The van der Waals surface area contributed by atoms with Crippen molar-refractivity contribution in [2.75, 3.05) is 21.3 Å². The fourth-order valence-electron chi connectivity index (χ4n) is 4.14. The molecule has 2 heterocycles. The number of fused-ring (bicyclic) bond motifs is 3. The van der Waals surface area contributed by atoms with Gasteiger partial charge in [0.25, 0.3) is 0 Å². The number of methoxy groups -OCH3 is 2. The predicted molar refractivity (Wildman–Crippen MR) is 156 cm³/mol. The molecule has 204 valence electrons. The van der Waals surface area contributed by atoms with Gasteiger partial charge in [0.05, 0.1) is 18.5 Å². The lowest BCUT2D eigenvalue weighted by molar-refractivity contribution is -0.120. The lowest BCUT2D eigenvalue weighted by Gasteiger charge is -2.19. The largest absolute Gasteiger partial charge is 0.495 e. The highest BCUT2D eigenvalue weighted by atomic mass is 16.5. The molecule has 0 radical (unpaired) electrons. The highest BCUT2D eigenvalue weighted by Crippen LogP contribution is 2.56. The summed E-state index contributed by atoms with van der Waals surface area (Å²) in [5.41, 5.74) is 13.4. The van der Waals surface area contributed by atoms with E-state index in [9.17, 15) is 4.79 Å². The van der Waals surface area contributed by atoms with Crippen LogP contribution in [0.15, 0.2) is 60.8 Å². The van der Waals surface area contributed by atoms with Crippen molar-refractivity contribution in [2.24, 2.45) is 11.1 Å². The van der Waals surface area contributed by atoms with Gasteiger partial charge in [-0.15, -0.1) is 0 Å². The van der Waals surface area contributed by atoms with E-state index in [2.05, 4.69) is 47.6 Å². The zero-order chi connectivity index (χ0) is 27.4. The zero-order valence-electron chi connectivity index (χ0n) is 23.5. The Kier molecular flexibility index (Phi) is 9.73. The number of hydrogen-bond donors (Lipinski definition) is 1. The number of benzene rings is 1. The first-order valence-electron chi connectivity index (χ1n) is 12.2. The van der Waals surface area contributed by atoms with Crippen LogP contribution in [0, 0.1) is 19.3 Å². The van der Waals surface area contributed by atoms with Crippen molar-refractivity contribution in [1.82, 2.24) is 9.97 Å². The number of carbonyl (C=O) groups excluding carboxylic acids is 1. The van der Waals surface area contributed by atoms with Crippen molar-refractivity contribution in [3.63, 3.8) is 0 Å². The van der Waals surface area contributed by atoms with Crippen LogP contribution in [0.1, 0.15) is 50.3 Å². The van der Waals surface area contributed by atoms with Crippen LogP contribution in [0.4, 0.5) is 0 Å². The highest BCUT2D eigenvalue weighted by Gasteiger charge is 2.50. The maximum Gasteiger partial charge on any atom is 0.235 e. The molecule has 1 atom stereocenters. The molecular weight excluding hydrogens is 478 g/mol. The number of amides is 1. The second-order valence-electron chi connectivity index (χ2n) is 10.3. The second kappa shape index (κ2) is 12.2. The van der Waals surface area contributed by atoms with Crippen LogP contribution in [0.2, 0.25) is 0 Å². The van der Waals surface area contributed by atoms with E-state index in [0.717, 1.165) is 50.7 Å². The molecule has 0 spiro atoms. The summed E-state index contributed by atoms with van der Waals surface area (Å²) in [7, 11) is 4.92. The van der Waals surface area contributed by atoms with Crippen LogP contribution in [0.25, 0.3) is 22.9 Å². The molecule has 0 aliphatic heterocycles. The first-order chi connectivity index (χ1) is 17.5. The van der Waals surface area contributed by atoms with Crippen LogP contribution < -0.4 is 10.5 Å². The van der Waals surface area contributed by atoms with Gasteiger partial charge >= 0.3 is 0 Å². The van der Waals surface area contributed by atoms with Gasteiger partial charge in [0, 0.05) is 38.5 Å². The van der Waals surface area contributed by atoms with Gasteiger partial charge in [-0.05, 0) is 54.3 Å². The molecule has 0 saturated heterocycles. The third kappa shape index (κ3) is 6.36. The van der Waals surface area contributed by atoms with E-state index in [-0.39, 0.29) is 18.2 Å². The van der Waals surface area contributed by atoms with Crippen molar-refractivity contribution in [3.05, 3.63) is 88.9 Å². The summed E-state index contributed by atoms with van der Waals surface area (Å²) < 4.78 is 9.40. The van der Waals surface area contributed by atoms with E-state index in [4.69, 9.17) is 10.5 Å². The van der Waals surface area contributed by atoms with Crippen molar-refractivity contribution in [1.29, 1.82) is 0 Å². The Morgan fingerprint density at radius 1 is 1.00 bits per heavy atom. The fraction of sp³-hybridized carbons (Fsp3) is 0.323. The molecule has 38 heavy (non-hydrogen) atoms. The number of carbonyl (C=O) groups is 1. The topological polar surface area (TPSA) is 119 Å². The SMILES string of the molecule is COC.COc1ccc(C(C)(C)C)nc1C.Cc1ccc(-c2cccc3c2C=CC2(C(N)=O)C=C32)nc1.O.[HH]. The van der Waals surface area contributed by atoms with E-state index < -0.39 is 5.41 Å². The minimum atomic E-state index is -0.647. The minimum Gasteiger partial charge on any atom is -0.495 e. The molecule has 7 heteroatoms. The maximum atomic E-state index is 11.6. The van der Waals surface area contributed by atoms with Crippen LogP contribution in [0.5, 0.6) is 5.75 Å². The molecule has 2 aliphatic carbocycles. The number of rotatable bonds is 3. The van der Waals surface area contributed by atoms with E-state index in [1.54, 1.807) is 21.3 Å². The molecule has 7 nitrogen and oxygen atoms in total. The predicted octanol–water partition coefficient (Wildman–Crippen LogP) is 5.33. The summed E-state index contributed by atoms with van der Waals surface area (Å²) in [6.45, 7) is 10.4. The second-order valence-corrected chi connectivity index (χ2v) is 10.3. The Morgan fingerprint density at radius 3 is 2.18 bits per heavy atom. The van der Waals surface area contributed by atoms with E-state index >= 15 is 0 Å². The molecule has 2 aliphatic rings. The lowest BCUT2D eigenvalue weighted by atomic mass is 9.84. The van der Waals surface area contributed by atoms with Gasteiger partial charge < -0.3 is 20.7 Å². The molecule has 1 unspecified atom stereocenters. The number of pyridine rings is 2. The number of hydrogen-bond acceptors (Lipinski definition) is 5. The molecule has 5 rings (SSSR count). The normalized spacial score (nSPS) is 16.2. The van der Waals surface area contributed by atoms with Crippen LogP contribution in [0.3, 0.4) is 0 Å². The number of aryl methyl sites for hydroxylation is 2. The van der Waals surface area contributed by atoms with Gasteiger partial charge in [0.2, 0.25) is 5.91 Å². The highest BCUT2D eigenvalue weighted by molar-refractivity contribution is 6.13. The molecule has 0 fully saturated rings. The Hall–Kier alpha value is -3.81. The summed E-state index contributed by atoms with van der Waals surface area (Å²) in [5, 5.41) is 0. The van der Waals surface area contributed by atoms with Gasteiger partial charge in [-0.2, -0.15) is 0 Å². The average molecular weight is 520 g/mol. The van der Waals surface area contributed by atoms with Gasteiger partial charge in [0.15, 0.2) is 0 Å². The average Bonchev–Trinajstić information content (AvgIpc) is 3.62. The molecule has 0 bridgehead atoms. The van der Waals surface area contributed by atoms with Gasteiger partial charge in [-0.3, -0.25) is 14.8 Å². The van der Waals surface area contributed by atoms with Crippen molar-refractivity contribution < 1.29 is 21.2 Å². The summed E-state index contributed by atoms with van der Waals surface area (Å²) in [5.74, 6) is 0.547. The van der Waals surface area contributed by atoms with Crippen LogP contribution >= 0.6 is 0 Å². The summed E-state index contributed by atoms with van der Waals surface area (Å²) in [6, 6.07) is 14.2. The summed E-state index contributed by atoms with van der Waals surface area (Å²) >= 11 is 0. The third-order valence-electron chi connectivity index (χ3n) is 6.26. The molecule has 4 N–H and O–H groups in total. The lowest BCUT2D eigenvalue weighted by Crippen LogP contribution is -2.26. The molecular formula is C31H41N3O4. The maximum absolute atomic E-state index is 11.6. The Morgan fingerprint density at radius 2 is 1.66 bits per heavy atom. The van der Waals surface area contributed by atoms with E-state index in [1.165, 1.54) is 0 Å². The zero-order valence-corrected chi connectivity index (χ0v) is 23.5. The number of nitrogens with zero attached hydrogens (tertiary/aromatic N) is 2. The molecule has 1 amide bonds. The van der Waals surface area contributed by atoms with Crippen molar-refractivity contribution >= 4 is 17.6 Å². The Balaban J connectivity index is 0.000000368. The van der Waals surface area contributed by atoms with Crippen LogP contribution in [-0.4, -0.2) is 42.7 Å². The molecule has 3 aromatic rings. The van der Waals surface area contributed by atoms with Crippen LogP contribution in [-0.2, 0) is 14.9 Å². The monoisotopic (exact) mass is 519 g/mol. The fourth-order valence-corrected chi connectivity index (χ4v) is 4.14. The number of aromatic nitrogens is 2. The number of nitrogens with two attached hydrogens (primary N) is 1. The quantitative estimate of drug-likeness (QED) is 0.501. The number of primary amides is 1. The van der Waals surface area contributed by atoms with Gasteiger partial charge in [-0.1, -0.05) is 63.3 Å². The summed E-state index contributed by atoms with van der Waals surface area (Å²) in [4.78, 5) is 20.6. The molecule has 1 aromatic carbocycles. The minimum absolute atomic E-state index is 0.